The highest BCUT2D eigenvalue weighted by molar-refractivity contribution is 5.92. The van der Waals surface area contributed by atoms with Crippen molar-refractivity contribution in [3.63, 3.8) is 0 Å². The third-order valence-electron chi connectivity index (χ3n) is 5.15. The van der Waals surface area contributed by atoms with E-state index >= 15 is 0 Å². The second kappa shape index (κ2) is 6.71. The molecule has 23 heavy (non-hydrogen) atoms. The van der Waals surface area contributed by atoms with Crippen molar-refractivity contribution in [3.05, 3.63) is 35.9 Å². The molecule has 0 radical (unpaired) electrons. The van der Waals surface area contributed by atoms with Gasteiger partial charge in [-0.15, -0.1) is 0 Å². The van der Waals surface area contributed by atoms with Crippen LogP contribution in [0.4, 0.5) is 0 Å². The Hall–Kier alpha value is -1.88. The lowest BCUT2D eigenvalue weighted by Crippen LogP contribution is -2.57. The molecule has 0 spiro atoms. The smallest absolute Gasteiger partial charge is 0.246 e. The number of hydrogen-bond donors (Lipinski definition) is 2. The van der Waals surface area contributed by atoms with E-state index in [0.717, 1.165) is 37.7 Å². The Bertz CT molecular complexity index is 575. The summed E-state index contributed by atoms with van der Waals surface area (Å²) in [7, 11) is 0. The topological polar surface area (TPSA) is 75.4 Å². The van der Waals surface area contributed by atoms with Gasteiger partial charge in [-0.25, -0.2) is 0 Å². The predicted molar refractivity (Wildman–Crippen MR) is 88.5 cm³/mol. The maximum Gasteiger partial charge on any atom is 0.246 e. The minimum Gasteiger partial charge on any atom is -0.352 e. The van der Waals surface area contributed by atoms with Gasteiger partial charge in [0.2, 0.25) is 11.8 Å². The van der Waals surface area contributed by atoms with Crippen LogP contribution < -0.4 is 11.1 Å². The summed E-state index contributed by atoms with van der Waals surface area (Å²) in [5.41, 5.74) is 6.54. The molecule has 2 heterocycles. The summed E-state index contributed by atoms with van der Waals surface area (Å²) in [6.45, 7) is 1.10. The molecule has 3 N–H and O–H groups in total. The molecule has 1 aromatic rings. The van der Waals surface area contributed by atoms with Crippen molar-refractivity contribution in [2.45, 2.75) is 50.1 Å². The van der Waals surface area contributed by atoms with E-state index in [-0.39, 0.29) is 17.9 Å². The first-order valence-corrected chi connectivity index (χ1v) is 8.53. The number of hydrogen-bond acceptors (Lipinski definition) is 3. The summed E-state index contributed by atoms with van der Waals surface area (Å²) < 4.78 is 0. The van der Waals surface area contributed by atoms with Crippen LogP contribution in [0.1, 0.15) is 50.1 Å². The Morgan fingerprint density at radius 1 is 1.22 bits per heavy atom. The molecule has 1 aromatic carbocycles. The van der Waals surface area contributed by atoms with Gasteiger partial charge in [0, 0.05) is 25.6 Å². The maximum atomic E-state index is 12.9. The fourth-order valence-electron chi connectivity index (χ4n) is 3.87. The molecule has 5 nitrogen and oxygen atoms in total. The van der Waals surface area contributed by atoms with Gasteiger partial charge in [-0.05, 0) is 31.2 Å². The average molecular weight is 315 g/mol. The molecule has 2 aliphatic rings. The third-order valence-corrected chi connectivity index (χ3v) is 5.15. The zero-order valence-corrected chi connectivity index (χ0v) is 13.5. The summed E-state index contributed by atoms with van der Waals surface area (Å²) in [6, 6.07) is 9.53. The number of benzene rings is 1. The number of carbonyl (C=O) groups is 2. The zero-order chi connectivity index (χ0) is 16.3. The van der Waals surface area contributed by atoms with Gasteiger partial charge in [0.1, 0.15) is 5.54 Å². The molecule has 2 unspecified atom stereocenters. The Morgan fingerprint density at radius 3 is 2.74 bits per heavy atom. The number of amides is 2. The first kappa shape index (κ1) is 16.0. The molecule has 2 amide bonds. The van der Waals surface area contributed by atoms with Gasteiger partial charge in [-0.1, -0.05) is 36.8 Å². The van der Waals surface area contributed by atoms with Crippen LogP contribution in [0, 0.1) is 0 Å². The largest absolute Gasteiger partial charge is 0.352 e. The van der Waals surface area contributed by atoms with E-state index in [0.29, 0.717) is 19.5 Å². The van der Waals surface area contributed by atoms with Crippen LogP contribution in [0.3, 0.4) is 0 Å². The SMILES string of the molecule is NC(CNC(=O)C12CCCCC(=O)N1CCC2)c1ccccc1. The van der Waals surface area contributed by atoms with Crippen LogP contribution in [0.2, 0.25) is 0 Å². The van der Waals surface area contributed by atoms with E-state index in [1.165, 1.54) is 0 Å². The minimum atomic E-state index is -0.635. The number of rotatable bonds is 4. The van der Waals surface area contributed by atoms with Gasteiger partial charge in [0.25, 0.3) is 0 Å². The highest BCUT2D eigenvalue weighted by Crippen LogP contribution is 2.37. The quantitative estimate of drug-likeness (QED) is 0.888. The summed E-state index contributed by atoms with van der Waals surface area (Å²) in [4.78, 5) is 27.0. The lowest BCUT2D eigenvalue weighted by Gasteiger charge is -2.36. The molecular weight excluding hydrogens is 290 g/mol. The molecule has 0 bridgehead atoms. The second-order valence-corrected chi connectivity index (χ2v) is 6.61. The maximum absolute atomic E-state index is 12.9. The van der Waals surface area contributed by atoms with Crippen molar-refractivity contribution in [1.82, 2.24) is 10.2 Å². The van der Waals surface area contributed by atoms with Crippen molar-refractivity contribution in [2.75, 3.05) is 13.1 Å². The van der Waals surface area contributed by atoms with Gasteiger partial charge in [-0.3, -0.25) is 9.59 Å². The number of fused-ring (bicyclic) bond motifs is 1. The monoisotopic (exact) mass is 315 g/mol. The van der Waals surface area contributed by atoms with Crippen molar-refractivity contribution in [1.29, 1.82) is 0 Å². The number of carbonyl (C=O) groups excluding carboxylic acids is 2. The van der Waals surface area contributed by atoms with E-state index in [9.17, 15) is 9.59 Å². The van der Waals surface area contributed by atoms with Crippen LogP contribution in [0.25, 0.3) is 0 Å². The molecule has 0 saturated carbocycles. The molecule has 2 fully saturated rings. The van der Waals surface area contributed by atoms with Crippen molar-refractivity contribution in [2.24, 2.45) is 5.73 Å². The van der Waals surface area contributed by atoms with Gasteiger partial charge in [0.15, 0.2) is 0 Å². The van der Waals surface area contributed by atoms with Gasteiger partial charge in [0.05, 0.1) is 0 Å². The molecule has 124 valence electrons. The summed E-state index contributed by atoms with van der Waals surface area (Å²) in [5, 5.41) is 3.00. The highest BCUT2D eigenvalue weighted by atomic mass is 16.2. The lowest BCUT2D eigenvalue weighted by molar-refractivity contribution is -0.144. The summed E-state index contributed by atoms with van der Waals surface area (Å²) >= 11 is 0. The lowest BCUT2D eigenvalue weighted by atomic mass is 9.89. The first-order valence-electron chi connectivity index (χ1n) is 8.53. The minimum absolute atomic E-state index is 0.0309. The zero-order valence-electron chi connectivity index (χ0n) is 13.5. The first-order chi connectivity index (χ1) is 11.1. The van der Waals surface area contributed by atoms with Crippen molar-refractivity contribution >= 4 is 11.8 Å². The summed E-state index contributed by atoms with van der Waals surface area (Å²) in [5.74, 6) is 0.0964. The predicted octanol–water partition coefficient (Wildman–Crippen LogP) is 1.74. The normalized spacial score (nSPS) is 25.6. The molecule has 0 aromatic heterocycles. The third kappa shape index (κ3) is 3.11. The van der Waals surface area contributed by atoms with Gasteiger partial charge in [-0.2, -0.15) is 0 Å². The standard InChI is InChI=1S/C18H25N3O2/c19-15(14-7-2-1-3-8-14)13-20-17(23)18-10-5-4-9-16(22)21(18)12-6-11-18/h1-3,7-8,15H,4-6,9-13,19H2,(H,20,23). The van der Waals surface area contributed by atoms with Crippen LogP contribution in [-0.2, 0) is 9.59 Å². The Labute approximate surface area is 137 Å². The van der Waals surface area contributed by atoms with E-state index in [1.54, 1.807) is 0 Å². The van der Waals surface area contributed by atoms with Crippen LogP contribution in [0.15, 0.2) is 30.3 Å². The Balaban J connectivity index is 1.68. The van der Waals surface area contributed by atoms with Crippen LogP contribution in [0.5, 0.6) is 0 Å². The van der Waals surface area contributed by atoms with Gasteiger partial charge < -0.3 is 16.0 Å². The van der Waals surface area contributed by atoms with E-state index in [1.807, 2.05) is 35.2 Å². The van der Waals surface area contributed by atoms with Crippen LogP contribution >= 0.6 is 0 Å². The molecule has 2 aliphatic heterocycles. The fraction of sp³-hybridized carbons (Fsp3) is 0.556. The highest BCUT2D eigenvalue weighted by Gasteiger charge is 2.49. The Kier molecular flexibility index (Phi) is 4.66. The molecule has 0 aliphatic carbocycles. The number of nitrogens with one attached hydrogen (secondary N) is 1. The van der Waals surface area contributed by atoms with Crippen molar-refractivity contribution < 1.29 is 9.59 Å². The van der Waals surface area contributed by atoms with E-state index in [4.69, 9.17) is 5.73 Å². The van der Waals surface area contributed by atoms with Gasteiger partial charge >= 0.3 is 0 Å². The van der Waals surface area contributed by atoms with E-state index in [2.05, 4.69) is 5.32 Å². The molecule has 3 rings (SSSR count). The van der Waals surface area contributed by atoms with Crippen molar-refractivity contribution in [3.8, 4) is 0 Å². The number of nitrogens with zero attached hydrogens (tertiary/aromatic N) is 1. The second-order valence-electron chi connectivity index (χ2n) is 6.61. The average Bonchev–Trinajstić information content (AvgIpc) is 2.95. The van der Waals surface area contributed by atoms with Crippen LogP contribution in [-0.4, -0.2) is 35.3 Å². The Morgan fingerprint density at radius 2 is 1.96 bits per heavy atom. The summed E-state index contributed by atoms with van der Waals surface area (Å²) in [6.07, 6.45) is 4.83. The molecule has 2 saturated heterocycles. The number of nitrogens with two attached hydrogens (primary N) is 1. The van der Waals surface area contributed by atoms with E-state index < -0.39 is 5.54 Å². The fourth-order valence-corrected chi connectivity index (χ4v) is 3.87. The molecule has 2 atom stereocenters. The molecular formula is C18H25N3O2. The molecule has 5 heteroatoms.